The first-order valence-electron chi connectivity index (χ1n) is 5.74. The van der Waals surface area contributed by atoms with Crippen molar-refractivity contribution in [3.8, 4) is 0 Å². The van der Waals surface area contributed by atoms with Gasteiger partial charge < -0.3 is 4.74 Å². The molecule has 0 spiro atoms. The van der Waals surface area contributed by atoms with Crippen LogP contribution < -0.4 is 0 Å². The quantitative estimate of drug-likeness (QED) is 0.495. The van der Waals surface area contributed by atoms with Gasteiger partial charge in [-0.15, -0.1) is 6.58 Å². The number of rotatable bonds is 7. The van der Waals surface area contributed by atoms with Gasteiger partial charge in [-0.3, -0.25) is 0 Å². The van der Waals surface area contributed by atoms with E-state index in [0.717, 1.165) is 17.6 Å². The third-order valence-electron chi connectivity index (χ3n) is 2.46. The van der Waals surface area contributed by atoms with Crippen LogP contribution in [0, 0.1) is 0 Å². The second-order valence-corrected chi connectivity index (χ2v) is 4.23. The molecule has 0 aliphatic heterocycles. The fourth-order valence-corrected chi connectivity index (χ4v) is 1.52. The smallest absolute Gasteiger partial charge is 0.0866 e. The lowest BCUT2D eigenvalue weighted by Crippen LogP contribution is -2.06. The molecular weight excluding hydrogens is 208 g/mol. The Hall–Kier alpha value is -1.60. The Bertz CT molecular complexity index is 389. The van der Waals surface area contributed by atoms with E-state index in [1.54, 1.807) is 6.08 Å². The number of hydrogen-bond donors (Lipinski definition) is 0. The van der Waals surface area contributed by atoms with Crippen LogP contribution in [-0.4, -0.2) is 6.61 Å². The molecule has 0 N–H and O–H groups in total. The van der Waals surface area contributed by atoms with E-state index in [9.17, 15) is 0 Å². The van der Waals surface area contributed by atoms with Crippen molar-refractivity contribution in [1.82, 2.24) is 0 Å². The minimum Gasteiger partial charge on any atom is -0.369 e. The van der Waals surface area contributed by atoms with E-state index in [1.165, 1.54) is 5.56 Å². The zero-order valence-corrected chi connectivity index (χ0v) is 10.5. The summed E-state index contributed by atoms with van der Waals surface area (Å²) in [5.41, 5.74) is 3.18. The van der Waals surface area contributed by atoms with E-state index in [4.69, 9.17) is 4.74 Å². The summed E-state index contributed by atoms with van der Waals surface area (Å²) < 4.78 is 5.86. The Morgan fingerprint density at radius 3 is 2.47 bits per heavy atom. The van der Waals surface area contributed by atoms with Crippen molar-refractivity contribution >= 4 is 0 Å². The van der Waals surface area contributed by atoms with E-state index >= 15 is 0 Å². The Morgan fingerprint density at radius 1 is 1.29 bits per heavy atom. The van der Waals surface area contributed by atoms with Gasteiger partial charge in [-0.05, 0) is 24.5 Å². The zero-order valence-electron chi connectivity index (χ0n) is 10.5. The van der Waals surface area contributed by atoms with Crippen molar-refractivity contribution in [2.75, 3.05) is 6.61 Å². The lowest BCUT2D eigenvalue weighted by Gasteiger charge is -2.18. The number of hydrogen-bond acceptors (Lipinski definition) is 1. The van der Waals surface area contributed by atoms with Crippen molar-refractivity contribution < 1.29 is 4.74 Å². The maximum atomic E-state index is 5.86. The Balaban J connectivity index is 2.70. The van der Waals surface area contributed by atoms with Crippen molar-refractivity contribution in [3.05, 3.63) is 72.9 Å². The van der Waals surface area contributed by atoms with Crippen LogP contribution in [-0.2, 0) is 4.74 Å². The van der Waals surface area contributed by atoms with Crippen molar-refractivity contribution in [3.63, 3.8) is 0 Å². The SMILES string of the molecule is C=CC(=C)COC(CC(=C)C)c1ccccc1. The van der Waals surface area contributed by atoms with E-state index in [-0.39, 0.29) is 6.10 Å². The largest absolute Gasteiger partial charge is 0.369 e. The normalized spacial score (nSPS) is 11.8. The molecule has 1 rings (SSSR count). The van der Waals surface area contributed by atoms with Crippen LogP contribution in [0.2, 0.25) is 0 Å². The minimum absolute atomic E-state index is 0.0467. The minimum atomic E-state index is 0.0467. The summed E-state index contributed by atoms with van der Waals surface area (Å²) in [6, 6.07) is 10.2. The number of ether oxygens (including phenoxy) is 1. The van der Waals surface area contributed by atoms with Gasteiger partial charge in [0.05, 0.1) is 12.7 Å². The molecule has 0 amide bonds. The van der Waals surface area contributed by atoms with Crippen LogP contribution in [0.5, 0.6) is 0 Å². The van der Waals surface area contributed by atoms with Crippen LogP contribution in [0.4, 0.5) is 0 Å². The van der Waals surface area contributed by atoms with E-state index in [2.05, 4.69) is 31.9 Å². The van der Waals surface area contributed by atoms with E-state index < -0.39 is 0 Å². The lowest BCUT2D eigenvalue weighted by molar-refractivity contribution is 0.0713. The first kappa shape index (κ1) is 13.5. The predicted octanol–water partition coefficient (Wildman–Crippen LogP) is 4.45. The molecule has 1 atom stereocenters. The van der Waals surface area contributed by atoms with Crippen LogP contribution in [0.3, 0.4) is 0 Å². The highest BCUT2D eigenvalue weighted by molar-refractivity contribution is 5.20. The van der Waals surface area contributed by atoms with Gasteiger partial charge in [0, 0.05) is 0 Å². The summed E-state index contributed by atoms with van der Waals surface area (Å²) in [7, 11) is 0. The Labute approximate surface area is 104 Å². The summed E-state index contributed by atoms with van der Waals surface area (Å²) >= 11 is 0. The van der Waals surface area contributed by atoms with Crippen LogP contribution in [0.15, 0.2) is 67.3 Å². The first-order valence-corrected chi connectivity index (χ1v) is 5.74. The predicted molar refractivity (Wildman–Crippen MR) is 73.9 cm³/mol. The summed E-state index contributed by atoms with van der Waals surface area (Å²) in [6.45, 7) is 14.0. The highest BCUT2D eigenvalue weighted by Gasteiger charge is 2.11. The topological polar surface area (TPSA) is 9.23 Å². The van der Waals surface area contributed by atoms with Gasteiger partial charge in [0.15, 0.2) is 0 Å². The molecule has 0 heterocycles. The Morgan fingerprint density at radius 2 is 1.94 bits per heavy atom. The molecule has 0 saturated heterocycles. The van der Waals surface area contributed by atoms with E-state index in [0.29, 0.717) is 6.61 Å². The molecule has 1 unspecified atom stereocenters. The molecule has 0 radical (unpaired) electrons. The molecule has 17 heavy (non-hydrogen) atoms. The van der Waals surface area contributed by atoms with Crippen molar-refractivity contribution in [2.45, 2.75) is 19.4 Å². The zero-order chi connectivity index (χ0) is 12.7. The average Bonchev–Trinajstić information content (AvgIpc) is 2.34. The van der Waals surface area contributed by atoms with Gasteiger partial charge in [-0.25, -0.2) is 0 Å². The van der Waals surface area contributed by atoms with Gasteiger partial charge in [-0.2, -0.15) is 0 Å². The van der Waals surface area contributed by atoms with Gasteiger partial charge in [0.1, 0.15) is 0 Å². The summed E-state index contributed by atoms with van der Waals surface area (Å²) in [6.07, 6.45) is 2.60. The maximum absolute atomic E-state index is 5.86. The molecule has 1 aromatic rings. The first-order chi connectivity index (χ1) is 8.13. The highest BCUT2D eigenvalue weighted by Crippen LogP contribution is 2.24. The average molecular weight is 228 g/mol. The van der Waals surface area contributed by atoms with Crippen molar-refractivity contribution in [2.24, 2.45) is 0 Å². The van der Waals surface area contributed by atoms with Gasteiger partial charge in [0.25, 0.3) is 0 Å². The maximum Gasteiger partial charge on any atom is 0.0866 e. The molecule has 0 saturated carbocycles. The molecule has 90 valence electrons. The third kappa shape index (κ3) is 4.83. The molecule has 0 aliphatic carbocycles. The summed E-state index contributed by atoms with van der Waals surface area (Å²) in [4.78, 5) is 0. The molecule has 0 aliphatic rings. The number of benzene rings is 1. The monoisotopic (exact) mass is 228 g/mol. The van der Waals surface area contributed by atoms with E-state index in [1.807, 2.05) is 25.1 Å². The van der Waals surface area contributed by atoms with Crippen molar-refractivity contribution in [1.29, 1.82) is 0 Å². The highest BCUT2D eigenvalue weighted by atomic mass is 16.5. The molecule has 1 nitrogen and oxygen atoms in total. The molecule has 0 fully saturated rings. The molecule has 1 aromatic carbocycles. The van der Waals surface area contributed by atoms with Crippen LogP contribution in [0.25, 0.3) is 0 Å². The second-order valence-electron chi connectivity index (χ2n) is 4.23. The molecule has 0 bridgehead atoms. The second kappa shape index (κ2) is 6.87. The fraction of sp³-hybridized carbons (Fsp3) is 0.250. The molecule has 1 heteroatoms. The lowest BCUT2D eigenvalue weighted by atomic mass is 10.0. The standard InChI is InChI=1S/C16H20O/c1-5-14(4)12-17-16(11-13(2)3)15-9-7-6-8-10-15/h5-10,16H,1-2,4,11-12H2,3H3. The summed E-state index contributed by atoms with van der Waals surface area (Å²) in [5, 5.41) is 0. The fourth-order valence-electron chi connectivity index (χ4n) is 1.52. The summed E-state index contributed by atoms with van der Waals surface area (Å²) in [5.74, 6) is 0. The van der Waals surface area contributed by atoms with Crippen LogP contribution >= 0.6 is 0 Å². The van der Waals surface area contributed by atoms with Gasteiger partial charge in [-0.1, -0.05) is 55.1 Å². The Kier molecular flexibility index (Phi) is 5.44. The molecule has 0 aromatic heterocycles. The molecular formula is C16H20O. The third-order valence-corrected chi connectivity index (χ3v) is 2.46. The van der Waals surface area contributed by atoms with Gasteiger partial charge >= 0.3 is 0 Å². The van der Waals surface area contributed by atoms with Gasteiger partial charge in [0.2, 0.25) is 0 Å². The van der Waals surface area contributed by atoms with Crippen LogP contribution in [0.1, 0.15) is 25.0 Å².